The Kier molecular flexibility index (Phi) is 4.62. The van der Waals surface area contributed by atoms with Crippen LogP contribution in [0.4, 0.5) is 4.39 Å². The first-order valence-corrected chi connectivity index (χ1v) is 7.96. The summed E-state index contributed by atoms with van der Waals surface area (Å²) < 4.78 is 24.3. The number of aromatic nitrogens is 2. The predicted octanol–water partition coefficient (Wildman–Crippen LogP) is 2.85. The predicted molar refractivity (Wildman–Crippen MR) is 84.1 cm³/mol. The molecule has 0 spiro atoms. The summed E-state index contributed by atoms with van der Waals surface area (Å²) in [5.41, 5.74) is 1.11. The molecule has 1 aliphatic rings. The maximum Gasteiger partial charge on any atom is 0.254 e. The Morgan fingerprint density at radius 1 is 1.42 bits per heavy atom. The molecule has 0 N–H and O–H groups in total. The Balaban J connectivity index is 1.77. The molecule has 0 radical (unpaired) electrons. The van der Waals surface area contributed by atoms with Gasteiger partial charge in [-0.2, -0.15) is 4.98 Å². The molecule has 2 aromatic rings. The fraction of sp³-hybridized carbons (Fsp3) is 0.471. The summed E-state index contributed by atoms with van der Waals surface area (Å²) in [6, 6.07) is 4.23. The maximum absolute atomic E-state index is 13.5. The van der Waals surface area contributed by atoms with Crippen LogP contribution in [0.25, 0.3) is 0 Å². The monoisotopic (exact) mass is 333 g/mol. The summed E-state index contributed by atoms with van der Waals surface area (Å²) in [4.78, 5) is 18.7. The highest BCUT2D eigenvalue weighted by Crippen LogP contribution is 2.23. The smallest absolute Gasteiger partial charge is 0.254 e. The molecule has 0 bridgehead atoms. The number of carbonyl (C=O) groups excluding carboxylic acids is 1. The third-order valence-electron chi connectivity index (χ3n) is 4.02. The van der Waals surface area contributed by atoms with E-state index in [1.165, 1.54) is 12.1 Å². The van der Waals surface area contributed by atoms with Crippen LogP contribution in [0.3, 0.4) is 0 Å². The van der Waals surface area contributed by atoms with Crippen LogP contribution in [0.5, 0.6) is 0 Å². The van der Waals surface area contributed by atoms with Gasteiger partial charge in [-0.25, -0.2) is 4.39 Å². The molecule has 1 aliphatic heterocycles. The van der Waals surface area contributed by atoms with Crippen molar-refractivity contribution in [1.82, 2.24) is 15.0 Å². The van der Waals surface area contributed by atoms with E-state index in [1.54, 1.807) is 17.9 Å². The normalized spacial score (nSPS) is 18.2. The van der Waals surface area contributed by atoms with E-state index < -0.39 is 11.9 Å². The lowest BCUT2D eigenvalue weighted by molar-refractivity contribution is -0.0276. The number of carbonyl (C=O) groups is 1. The SMILES string of the molecule is Cc1ccc(F)cc1C(=O)N1CCO[C@@H](c2noc(C(C)C)n2)C1. The van der Waals surface area contributed by atoms with Crippen molar-refractivity contribution in [2.75, 3.05) is 19.7 Å². The van der Waals surface area contributed by atoms with Crippen LogP contribution in [0.1, 0.15) is 53.5 Å². The van der Waals surface area contributed by atoms with Gasteiger partial charge in [0.1, 0.15) is 11.9 Å². The molecule has 6 nitrogen and oxygen atoms in total. The first kappa shape index (κ1) is 16.6. The lowest BCUT2D eigenvalue weighted by Crippen LogP contribution is -2.42. The number of hydrogen-bond acceptors (Lipinski definition) is 5. The van der Waals surface area contributed by atoms with E-state index in [2.05, 4.69) is 10.1 Å². The highest BCUT2D eigenvalue weighted by Gasteiger charge is 2.30. The molecule has 1 atom stereocenters. The molecule has 0 unspecified atom stereocenters. The molecule has 0 aliphatic carbocycles. The van der Waals surface area contributed by atoms with Crippen molar-refractivity contribution in [2.45, 2.75) is 32.8 Å². The largest absolute Gasteiger partial charge is 0.366 e. The number of benzene rings is 1. The van der Waals surface area contributed by atoms with Crippen molar-refractivity contribution < 1.29 is 18.4 Å². The summed E-state index contributed by atoms with van der Waals surface area (Å²) in [5.74, 6) is 0.467. The van der Waals surface area contributed by atoms with Crippen LogP contribution < -0.4 is 0 Å². The van der Waals surface area contributed by atoms with Crippen LogP contribution in [-0.2, 0) is 4.74 Å². The van der Waals surface area contributed by atoms with Gasteiger partial charge in [0.15, 0.2) is 0 Å². The second-order valence-electron chi connectivity index (χ2n) is 6.22. The summed E-state index contributed by atoms with van der Waals surface area (Å²) in [6.07, 6.45) is -0.437. The standard InChI is InChI=1S/C17H20FN3O3/c1-10(2)16-19-15(20-24-16)14-9-21(6-7-23-14)17(22)13-8-12(18)5-4-11(13)3/h4-5,8,10,14H,6-7,9H2,1-3H3/t14-/m1/s1. The topological polar surface area (TPSA) is 68.5 Å². The Labute approximate surface area is 139 Å². The number of nitrogens with zero attached hydrogens (tertiary/aromatic N) is 3. The average molecular weight is 333 g/mol. The van der Waals surface area contributed by atoms with Crippen molar-refractivity contribution in [3.05, 3.63) is 46.9 Å². The Bertz CT molecular complexity index is 744. The number of hydrogen-bond donors (Lipinski definition) is 0. The molecule has 2 heterocycles. The van der Waals surface area contributed by atoms with E-state index >= 15 is 0 Å². The molecule has 1 saturated heterocycles. The number of rotatable bonds is 3. The van der Waals surface area contributed by atoms with Crippen molar-refractivity contribution in [2.24, 2.45) is 0 Å². The lowest BCUT2D eigenvalue weighted by Gasteiger charge is -2.31. The van der Waals surface area contributed by atoms with Gasteiger partial charge in [0.2, 0.25) is 11.7 Å². The first-order chi connectivity index (χ1) is 11.5. The molecule has 1 amide bonds. The third kappa shape index (κ3) is 3.31. The molecule has 1 aromatic carbocycles. The number of amides is 1. The van der Waals surface area contributed by atoms with Crippen molar-refractivity contribution in [3.63, 3.8) is 0 Å². The summed E-state index contributed by atoms with van der Waals surface area (Å²) in [5, 5.41) is 3.95. The maximum atomic E-state index is 13.5. The van der Waals surface area contributed by atoms with Crippen LogP contribution >= 0.6 is 0 Å². The van der Waals surface area contributed by atoms with E-state index in [9.17, 15) is 9.18 Å². The number of halogens is 1. The number of aryl methyl sites for hydroxylation is 1. The highest BCUT2D eigenvalue weighted by molar-refractivity contribution is 5.95. The van der Waals surface area contributed by atoms with Gasteiger partial charge in [-0.3, -0.25) is 4.79 Å². The molecular formula is C17H20FN3O3. The van der Waals surface area contributed by atoms with Crippen LogP contribution in [0.15, 0.2) is 22.7 Å². The molecule has 7 heteroatoms. The van der Waals surface area contributed by atoms with E-state index in [1.807, 2.05) is 13.8 Å². The van der Waals surface area contributed by atoms with E-state index in [0.29, 0.717) is 37.0 Å². The van der Waals surface area contributed by atoms with Gasteiger partial charge in [0.05, 0.1) is 13.2 Å². The van der Waals surface area contributed by atoms with Gasteiger partial charge in [0, 0.05) is 18.0 Å². The molecule has 24 heavy (non-hydrogen) atoms. The second-order valence-corrected chi connectivity index (χ2v) is 6.22. The van der Waals surface area contributed by atoms with Crippen LogP contribution in [-0.4, -0.2) is 40.6 Å². The molecule has 128 valence electrons. The number of ether oxygens (including phenoxy) is 1. The van der Waals surface area contributed by atoms with Gasteiger partial charge >= 0.3 is 0 Å². The Hall–Kier alpha value is -2.28. The van der Waals surface area contributed by atoms with Crippen molar-refractivity contribution in [1.29, 1.82) is 0 Å². The molecule has 3 rings (SSSR count). The third-order valence-corrected chi connectivity index (χ3v) is 4.02. The Morgan fingerprint density at radius 2 is 2.21 bits per heavy atom. The average Bonchev–Trinajstić information content (AvgIpc) is 3.07. The fourth-order valence-corrected chi connectivity index (χ4v) is 2.60. The number of morpholine rings is 1. The Morgan fingerprint density at radius 3 is 2.92 bits per heavy atom. The minimum absolute atomic E-state index is 0.127. The van der Waals surface area contributed by atoms with E-state index in [-0.39, 0.29) is 11.8 Å². The van der Waals surface area contributed by atoms with Gasteiger partial charge in [-0.15, -0.1) is 0 Å². The fourth-order valence-electron chi connectivity index (χ4n) is 2.60. The summed E-state index contributed by atoms with van der Waals surface area (Å²) in [6.45, 7) is 6.84. The minimum atomic E-state index is -0.437. The van der Waals surface area contributed by atoms with Crippen molar-refractivity contribution >= 4 is 5.91 Å². The van der Waals surface area contributed by atoms with Crippen LogP contribution in [0.2, 0.25) is 0 Å². The minimum Gasteiger partial charge on any atom is -0.366 e. The summed E-state index contributed by atoms with van der Waals surface area (Å²) >= 11 is 0. The zero-order chi connectivity index (χ0) is 17.3. The van der Waals surface area contributed by atoms with Gasteiger partial charge in [-0.1, -0.05) is 25.1 Å². The van der Waals surface area contributed by atoms with Crippen LogP contribution in [0, 0.1) is 12.7 Å². The zero-order valence-electron chi connectivity index (χ0n) is 14.0. The zero-order valence-corrected chi connectivity index (χ0v) is 14.0. The molecular weight excluding hydrogens is 313 g/mol. The van der Waals surface area contributed by atoms with Crippen molar-refractivity contribution in [3.8, 4) is 0 Å². The quantitative estimate of drug-likeness (QED) is 0.864. The lowest BCUT2D eigenvalue weighted by atomic mass is 10.1. The van der Waals surface area contributed by atoms with E-state index in [0.717, 1.165) is 5.56 Å². The molecule has 1 aromatic heterocycles. The molecule has 0 saturated carbocycles. The van der Waals surface area contributed by atoms with Gasteiger partial charge < -0.3 is 14.2 Å². The van der Waals surface area contributed by atoms with Gasteiger partial charge in [0.25, 0.3) is 5.91 Å². The second kappa shape index (κ2) is 6.68. The summed E-state index contributed by atoms with van der Waals surface area (Å²) in [7, 11) is 0. The molecule has 1 fully saturated rings. The van der Waals surface area contributed by atoms with E-state index in [4.69, 9.17) is 9.26 Å². The first-order valence-electron chi connectivity index (χ1n) is 7.96. The van der Waals surface area contributed by atoms with Gasteiger partial charge in [-0.05, 0) is 24.6 Å². The highest BCUT2D eigenvalue weighted by atomic mass is 19.1.